The summed E-state index contributed by atoms with van der Waals surface area (Å²) in [5.41, 5.74) is 0. The van der Waals surface area contributed by atoms with Gasteiger partial charge in [0, 0.05) is 19.3 Å². The van der Waals surface area contributed by atoms with Crippen LogP contribution in [0.2, 0.25) is 0 Å². The SMILES string of the molecule is CCCCCCCC/C=C\CCCCCCCCCC(=O)OC[C@H](COC(=O)CCCCCCCCCCCCC)OC(=O)CCCCCCCCCCCCCCCCC. The van der Waals surface area contributed by atoms with E-state index in [1.165, 1.54) is 205 Å². The lowest BCUT2D eigenvalue weighted by molar-refractivity contribution is -0.167. The van der Waals surface area contributed by atoms with Crippen LogP contribution in [0.3, 0.4) is 0 Å². The lowest BCUT2D eigenvalue weighted by atomic mass is 10.0. The molecule has 0 heterocycles. The fourth-order valence-electron chi connectivity index (χ4n) is 8.14. The van der Waals surface area contributed by atoms with Gasteiger partial charge in [-0.1, -0.05) is 251 Å². The molecule has 61 heavy (non-hydrogen) atoms. The molecule has 1 atom stereocenters. The molecule has 6 heteroatoms. The van der Waals surface area contributed by atoms with Crippen molar-refractivity contribution in [1.82, 2.24) is 0 Å². The van der Waals surface area contributed by atoms with E-state index in [4.69, 9.17) is 14.2 Å². The monoisotopic (exact) mass is 861 g/mol. The molecule has 0 saturated carbocycles. The number of ether oxygens (including phenoxy) is 3. The van der Waals surface area contributed by atoms with Gasteiger partial charge in [0.1, 0.15) is 13.2 Å². The first kappa shape index (κ1) is 59.1. The highest BCUT2D eigenvalue weighted by molar-refractivity contribution is 5.71. The number of hydrogen-bond donors (Lipinski definition) is 0. The minimum absolute atomic E-state index is 0.0658. The Hall–Kier alpha value is -1.85. The standard InChI is InChI=1S/C55H104O6/c1-4-7-10-13-16-19-22-24-26-27-29-30-33-36-39-42-45-48-54(57)60-51-52(50-59-53(56)47-44-41-38-35-32-21-18-15-12-9-6-3)61-55(58)49-46-43-40-37-34-31-28-25-23-20-17-14-11-8-5-2/h24,26,52H,4-23,25,27-51H2,1-3H3/b26-24-/t52-/m0/s1. The number of esters is 3. The summed E-state index contributed by atoms with van der Waals surface area (Å²) in [6, 6.07) is 0. The average Bonchev–Trinajstić information content (AvgIpc) is 3.26. The minimum atomic E-state index is -0.764. The zero-order valence-corrected chi connectivity index (χ0v) is 41.2. The van der Waals surface area contributed by atoms with Crippen molar-refractivity contribution in [3.8, 4) is 0 Å². The molecular weight excluding hydrogens is 757 g/mol. The molecule has 0 aliphatic rings. The summed E-state index contributed by atoms with van der Waals surface area (Å²) in [5.74, 6) is -0.851. The lowest BCUT2D eigenvalue weighted by Gasteiger charge is -2.18. The van der Waals surface area contributed by atoms with Crippen molar-refractivity contribution in [2.75, 3.05) is 13.2 Å². The number of unbranched alkanes of at least 4 members (excludes halogenated alkanes) is 37. The van der Waals surface area contributed by atoms with E-state index in [2.05, 4.69) is 32.9 Å². The van der Waals surface area contributed by atoms with Crippen LogP contribution in [-0.4, -0.2) is 37.2 Å². The summed E-state index contributed by atoms with van der Waals surface area (Å²) < 4.78 is 16.8. The maximum absolute atomic E-state index is 12.8. The van der Waals surface area contributed by atoms with E-state index in [1.54, 1.807) is 0 Å². The zero-order chi connectivity index (χ0) is 44.4. The number of carbonyl (C=O) groups is 3. The van der Waals surface area contributed by atoms with E-state index in [0.717, 1.165) is 57.8 Å². The van der Waals surface area contributed by atoms with E-state index >= 15 is 0 Å². The molecule has 0 radical (unpaired) electrons. The largest absolute Gasteiger partial charge is 0.462 e. The van der Waals surface area contributed by atoms with Gasteiger partial charge in [0.2, 0.25) is 0 Å². The number of allylic oxidation sites excluding steroid dienone is 2. The quantitative estimate of drug-likeness (QED) is 0.0262. The van der Waals surface area contributed by atoms with Crippen molar-refractivity contribution in [2.45, 2.75) is 309 Å². The topological polar surface area (TPSA) is 78.9 Å². The smallest absolute Gasteiger partial charge is 0.306 e. The van der Waals surface area contributed by atoms with Crippen LogP contribution in [0.15, 0.2) is 12.2 Å². The van der Waals surface area contributed by atoms with Gasteiger partial charge in [0.25, 0.3) is 0 Å². The van der Waals surface area contributed by atoms with Crippen molar-refractivity contribution in [3.05, 3.63) is 12.2 Å². The van der Waals surface area contributed by atoms with Gasteiger partial charge in [-0.15, -0.1) is 0 Å². The number of carbonyl (C=O) groups excluding carboxylic acids is 3. The first-order valence-corrected chi connectivity index (χ1v) is 27.2. The predicted octanol–water partition coefficient (Wildman–Crippen LogP) is 17.8. The Bertz CT molecular complexity index is 947. The fraction of sp³-hybridized carbons (Fsp3) is 0.909. The van der Waals surface area contributed by atoms with Crippen molar-refractivity contribution in [2.24, 2.45) is 0 Å². The molecule has 0 N–H and O–H groups in total. The molecule has 360 valence electrons. The third-order valence-corrected chi connectivity index (χ3v) is 12.3. The van der Waals surface area contributed by atoms with Crippen LogP contribution >= 0.6 is 0 Å². The van der Waals surface area contributed by atoms with Crippen LogP contribution < -0.4 is 0 Å². The second-order valence-electron chi connectivity index (χ2n) is 18.5. The minimum Gasteiger partial charge on any atom is -0.462 e. The van der Waals surface area contributed by atoms with E-state index in [-0.39, 0.29) is 31.1 Å². The lowest BCUT2D eigenvalue weighted by Crippen LogP contribution is -2.30. The molecule has 0 aliphatic heterocycles. The Morgan fingerprint density at radius 3 is 0.820 bits per heavy atom. The van der Waals surface area contributed by atoms with Crippen molar-refractivity contribution >= 4 is 17.9 Å². The third kappa shape index (κ3) is 49.0. The Morgan fingerprint density at radius 1 is 0.311 bits per heavy atom. The number of rotatable bonds is 50. The van der Waals surface area contributed by atoms with Gasteiger partial charge in [0.15, 0.2) is 6.10 Å². The van der Waals surface area contributed by atoms with E-state index in [9.17, 15) is 14.4 Å². The molecule has 0 aliphatic carbocycles. The molecule has 6 nitrogen and oxygen atoms in total. The normalized spacial score (nSPS) is 12.0. The van der Waals surface area contributed by atoms with Crippen LogP contribution in [0.1, 0.15) is 303 Å². The first-order chi connectivity index (χ1) is 30.0. The molecule has 0 bridgehead atoms. The summed E-state index contributed by atoms with van der Waals surface area (Å²) in [4.78, 5) is 38.0. The molecule has 0 amide bonds. The van der Waals surface area contributed by atoms with Crippen LogP contribution in [0.25, 0.3) is 0 Å². The third-order valence-electron chi connectivity index (χ3n) is 12.3. The maximum atomic E-state index is 12.8. The van der Waals surface area contributed by atoms with Crippen LogP contribution in [0, 0.1) is 0 Å². The fourth-order valence-corrected chi connectivity index (χ4v) is 8.14. The van der Waals surface area contributed by atoms with Gasteiger partial charge in [-0.05, 0) is 44.9 Å². The van der Waals surface area contributed by atoms with E-state index in [0.29, 0.717) is 19.3 Å². The maximum Gasteiger partial charge on any atom is 0.306 e. The molecule has 0 aromatic rings. The molecule has 0 aromatic carbocycles. The Labute approximate surface area is 380 Å². The zero-order valence-electron chi connectivity index (χ0n) is 41.2. The van der Waals surface area contributed by atoms with Gasteiger partial charge in [-0.25, -0.2) is 0 Å². The summed E-state index contributed by atoms with van der Waals surface area (Å²) >= 11 is 0. The van der Waals surface area contributed by atoms with Crippen molar-refractivity contribution in [1.29, 1.82) is 0 Å². The molecular formula is C55H104O6. The molecule has 0 spiro atoms. The predicted molar refractivity (Wildman–Crippen MR) is 261 cm³/mol. The van der Waals surface area contributed by atoms with Crippen LogP contribution in [0.4, 0.5) is 0 Å². The van der Waals surface area contributed by atoms with E-state index in [1.807, 2.05) is 0 Å². The Morgan fingerprint density at radius 2 is 0.541 bits per heavy atom. The van der Waals surface area contributed by atoms with Crippen LogP contribution in [-0.2, 0) is 28.6 Å². The summed E-state index contributed by atoms with van der Waals surface area (Å²) in [6.07, 6.45) is 56.2. The highest BCUT2D eigenvalue weighted by Crippen LogP contribution is 2.16. The summed E-state index contributed by atoms with van der Waals surface area (Å²) in [7, 11) is 0. The van der Waals surface area contributed by atoms with Gasteiger partial charge < -0.3 is 14.2 Å². The summed E-state index contributed by atoms with van der Waals surface area (Å²) in [6.45, 7) is 6.67. The molecule has 0 saturated heterocycles. The second kappa shape index (κ2) is 50.8. The average molecular weight is 861 g/mol. The van der Waals surface area contributed by atoms with E-state index < -0.39 is 6.10 Å². The van der Waals surface area contributed by atoms with Gasteiger partial charge in [0.05, 0.1) is 0 Å². The molecule has 0 fully saturated rings. The highest BCUT2D eigenvalue weighted by Gasteiger charge is 2.19. The second-order valence-corrected chi connectivity index (χ2v) is 18.5. The summed E-state index contributed by atoms with van der Waals surface area (Å²) in [5, 5.41) is 0. The molecule has 0 unspecified atom stereocenters. The van der Waals surface area contributed by atoms with Gasteiger partial charge in [-0.3, -0.25) is 14.4 Å². The molecule has 0 rings (SSSR count). The molecule has 0 aromatic heterocycles. The van der Waals surface area contributed by atoms with Crippen molar-refractivity contribution in [3.63, 3.8) is 0 Å². The first-order valence-electron chi connectivity index (χ1n) is 27.2. The Kier molecular flexibility index (Phi) is 49.3. The van der Waals surface area contributed by atoms with Crippen LogP contribution in [0.5, 0.6) is 0 Å². The highest BCUT2D eigenvalue weighted by atomic mass is 16.6. The van der Waals surface area contributed by atoms with Gasteiger partial charge >= 0.3 is 17.9 Å². The van der Waals surface area contributed by atoms with Crippen molar-refractivity contribution < 1.29 is 28.6 Å². The Balaban J connectivity index is 4.30. The van der Waals surface area contributed by atoms with Gasteiger partial charge in [-0.2, -0.15) is 0 Å². The number of hydrogen-bond acceptors (Lipinski definition) is 6.